The number of nitriles is 1. The van der Waals surface area contributed by atoms with E-state index in [0.29, 0.717) is 6.42 Å². The van der Waals surface area contributed by atoms with Gasteiger partial charge in [0.15, 0.2) is 5.71 Å². The van der Waals surface area contributed by atoms with Crippen LogP contribution in [-0.4, -0.2) is 44.4 Å². The van der Waals surface area contributed by atoms with Gasteiger partial charge in [-0.1, -0.05) is 37.3 Å². The van der Waals surface area contributed by atoms with E-state index in [1.54, 1.807) is 32.2 Å². The molecule has 0 unspecified atom stereocenters. The van der Waals surface area contributed by atoms with Gasteiger partial charge in [0.1, 0.15) is 12.7 Å². The number of rotatable bonds is 9. The molecular formula is C18H21F2N3O5S. The molecule has 0 aliphatic rings. The Balaban J connectivity index is 2.83. The van der Waals surface area contributed by atoms with Crippen LogP contribution in [0.5, 0.6) is 0 Å². The number of nitrogens with one attached hydrogen (secondary N) is 1. The minimum Gasteiger partial charge on any atom is -0.463 e. The van der Waals surface area contributed by atoms with Crippen LogP contribution in [0.1, 0.15) is 32.8 Å². The Morgan fingerprint density at radius 2 is 1.83 bits per heavy atom. The van der Waals surface area contributed by atoms with E-state index in [2.05, 4.69) is 4.40 Å². The maximum Gasteiger partial charge on any atom is 0.442 e. The highest BCUT2D eigenvalue weighted by Crippen LogP contribution is 2.25. The van der Waals surface area contributed by atoms with E-state index in [4.69, 9.17) is 10.00 Å². The van der Waals surface area contributed by atoms with Gasteiger partial charge in [0.2, 0.25) is 0 Å². The number of nitrogens with zero attached hydrogens (tertiary/aromatic N) is 2. The summed E-state index contributed by atoms with van der Waals surface area (Å²) in [6.45, 7) is 4.09. The van der Waals surface area contributed by atoms with Crippen LogP contribution in [0.2, 0.25) is 0 Å². The molecule has 0 fully saturated rings. The number of carbonyl (C=O) groups excluding carboxylic acids is 2. The highest BCUT2D eigenvalue weighted by molar-refractivity contribution is 7.92. The number of hydrogen-bond donors (Lipinski definition) is 1. The van der Waals surface area contributed by atoms with Gasteiger partial charge in [-0.05, 0) is 20.3 Å². The molecule has 0 atom stereocenters. The first-order valence-electron chi connectivity index (χ1n) is 8.52. The van der Waals surface area contributed by atoms with Crippen LogP contribution in [-0.2, 0) is 24.3 Å². The summed E-state index contributed by atoms with van der Waals surface area (Å²) >= 11 is 0. The van der Waals surface area contributed by atoms with E-state index in [-0.39, 0.29) is 5.56 Å². The zero-order valence-electron chi connectivity index (χ0n) is 16.1. The lowest BCUT2D eigenvalue weighted by molar-refractivity contribution is -0.154. The Bertz CT molecular complexity index is 923. The molecule has 1 aromatic rings. The highest BCUT2D eigenvalue weighted by Gasteiger charge is 2.53. The van der Waals surface area contributed by atoms with Crippen molar-refractivity contribution in [3.8, 4) is 6.07 Å². The lowest BCUT2D eigenvalue weighted by Crippen LogP contribution is -2.46. The summed E-state index contributed by atoms with van der Waals surface area (Å²) in [7, 11) is -5.69. The molecular weight excluding hydrogens is 408 g/mol. The average molecular weight is 429 g/mol. The van der Waals surface area contributed by atoms with E-state index in [0.717, 1.165) is 0 Å². The van der Waals surface area contributed by atoms with E-state index in [9.17, 15) is 26.8 Å². The number of halogens is 2. The van der Waals surface area contributed by atoms with E-state index < -0.39 is 51.4 Å². The number of carbonyl (C=O) groups is 2. The van der Waals surface area contributed by atoms with E-state index in [1.165, 1.54) is 30.3 Å². The van der Waals surface area contributed by atoms with Crippen molar-refractivity contribution in [3.05, 3.63) is 35.9 Å². The number of alkyl halides is 2. The lowest BCUT2D eigenvalue weighted by atomic mass is 9.91. The Hall–Kier alpha value is -2.87. The SMILES string of the molecule is CCC(C)(C)C(=O)OCCNC(=O)C(F)(F)S(=O)(=O)/N=C(/C#N)c1ccccc1. The molecule has 0 aromatic heterocycles. The van der Waals surface area contributed by atoms with Gasteiger partial charge in [0.25, 0.3) is 0 Å². The summed E-state index contributed by atoms with van der Waals surface area (Å²) in [4.78, 5) is 23.4. The standard InChI is InChI=1S/C18H21F2N3O5S/c1-4-17(2,3)16(25)28-11-10-22-15(24)18(19,20)29(26,27)23-14(12-21)13-8-6-5-7-9-13/h5-9H,4,10-11H2,1-3H3,(H,22,24)/b23-14-. The Kier molecular flexibility index (Phi) is 7.96. The second kappa shape index (κ2) is 9.56. The van der Waals surface area contributed by atoms with E-state index in [1.807, 2.05) is 0 Å². The zero-order chi connectivity index (χ0) is 22.3. The molecule has 0 spiro atoms. The smallest absolute Gasteiger partial charge is 0.442 e. The molecule has 11 heteroatoms. The maximum atomic E-state index is 14.1. The lowest BCUT2D eigenvalue weighted by Gasteiger charge is -2.20. The van der Waals surface area contributed by atoms with Crippen LogP contribution in [0.4, 0.5) is 8.78 Å². The second-order valence-corrected chi connectivity index (χ2v) is 8.18. The van der Waals surface area contributed by atoms with Crippen LogP contribution in [0.25, 0.3) is 0 Å². The summed E-state index contributed by atoms with van der Waals surface area (Å²) in [6.07, 6.45) is 0.481. The van der Waals surface area contributed by atoms with Gasteiger partial charge in [0.05, 0.1) is 12.0 Å². The number of benzene rings is 1. The summed E-state index contributed by atoms with van der Waals surface area (Å²) in [5.74, 6) is -2.72. The van der Waals surface area contributed by atoms with E-state index >= 15 is 0 Å². The number of ether oxygens (including phenoxy) is 1. The molecule has 0 bridgehead atoms. The average Bonchev–Trinajstić information content (AvgIpc) is 2.69. The minimum absolute atomic E-state index is 0.000217. The van der Waals surface area contributed by atoms with Crippen molar-refractivity contribution >= 4 is 27.6 Å². The molecule has 1 rings (SSSR count). The van der Waals surface area contributed by atoms with Gasteiger partial charge in [-0.3, -0.25) is 9.59 Å². The largest absolute Gasteiger partial charge is 0.463 e. The fraction of sp³-hybridized carbons (Fsp3) is 0.444. The first kappa shape index (κ1) is 24.2. The third-order valence-electron chi connectivity index (χ3n) is 4.01. The second-order valence-electron chi connectivity index (χ2n) is 6.54. The zero-order valence-corrected chi connectivity index (χ0v) is 16.9. The number of esters is 1. The molecule has 1 amide bonds. The summed E-state index contributed by atoms with van der Waals surface area (Å²) in [5, 5.41) is 5.79. The van der Waals surface area contributed by atoms with Crippen molar-refractivity contribution in [2.24, 2.45) is 9.81 Å². The first-order valence-corrected chi connectivity index (χ1v) is 9.96. The predicted molar refractivity (Wildman–Crippen MR) is 100 cm³/mol. The topological polar surface area (TPSA) is 126 Å². The Labute approximate surface area is 167 Å². The number of amides is 1. The van der Waals surface area contributed by atoms with Crippen molar-refractivity contribution < 1.29 is 31.5 Å². The van der Waals surface area contributed by atoms with Crippen LogP contribution in [0.3, 0.4) is 0 Å². The molecule has 0 aliphatic heterocycles. The fourth-order valence-electron chi connectivity index (χ4n) is 1.78. The van der Waals surface area contributed by atoms with Gasteiger partial charge in [0, 0.05) is 5.56 Å². The van der Waals surface area contributed by atoms with Gasteiger partial charge < -0.3 is 10.1 Å². The molecule has 1 aromatic carbocycles. The molecule has 0 heterocycles. The van der Waals surface area contributed by atoms with Crippen LogP contribution < -0.4 is 5.32 Å². The van der Waals surface area contributed by atoms with Crippen molar-refractivity contribution in [2.75, 3.05) is 13.2 Å². The molecule has 29 heavy (non-hydrogen) atoms. The highest BCUT2D eigenvalue weighted by atomic mass is 32.2. The molecule has 0 saturated heterocycles. The van der Waals surface area contributed by atoms with Crippen LogP contribution >= 0.6 is 0 Å². The molecule has 0 radical (unpaired) electrons. The third-order valence-corrected chi connectivity index (χ3v) is 5.27. The first-order chi connectivity index (χ1) is 13.4. The number of sulfonamides is 1. The number of hydrogen-bond acceptors (Lipinski definition) is 6. The summed E-state index contributed by atoms with van der Waals surface area (Å²) in [6, 6.07) is 8.52. The summed E-state index contributed by atoms with van der Waals surface area (Å²) in [5.41, 5.74) is -1.56. The van der Waals surface area contributed by atoms with Crippen molar-refractivity contribution in [1.82, 2.24) is 5.32 Å². The van der Waals surface area contributed by atoms with Crippen LogP contribution in [0.15, 0.2) is 34.7 Å². The molecule has 158 valence electrons. The van der Waals surface area contributed by atoms with Crippen molar-refractivity contribution in [3.63, 3.8) is 0 Å². The predicted octanol–water partition coefficient (Wildman–Crippen LogP) is 2.02. The molecule has 8 nitrogen and oxygen atoms in total. The van der Waals surface area contributed by atoms with Gasteiger partial charge in [-0.2, -0.15) is 22.5 Å². The van der Waals surface area contributed by atoms with Crippen molar-refractivity contribution in [2.45, 2.75) is 32.4 Å². The fourth-order valence-corrected chi connectivity index (χ4v) is 2.59. The molecule has 1 N–H and O–H groups in total. The monoisotopic (exact) mass is 429 g/mol. The quantitative estimate of drug-likeness (QED) is 0.364. The third kappa shape index (κ3) is 6.05. The molecule has 0 aliphatic carbocycles. The van der Waals surface area contributed by atoms with Gasteiger partial charge in [-0.25, -0.2) is 0 Å². The Morgan fingerprint density at radius 3 is 2.34 bits per heavy atom. The van der Waals surface area contributed by atoms with Gasteiger partial charge in [-0.15, -0.1) is 4.40 Å². The maximum absolute atomic E-state index is 14.1. The summed E-state index contributed by atoms with van der Waals surface area (Å²) < 4.78 is 59.7. The Morgan fingerprint density at radius 1 is 1.24 bits per heavy atom. The minimum atomic E-state index is -5.69. The van der Waals surface area contributed by atoms with Gasteiger partial charge >= 0.3 is 27.2 Å². The van der Waals surface area contributed by atoms with Crippen LogP contribution in [0, 0.1) is 16.7 Å². The van der Waals surface area contributed by atoms with Crippen molar-refractivity contribution in [1.29, 1.82) is 5.26 Å². The normalized spacial score (nSPS) is 12.8. The molecule has 0 saturated carbocycles.